The minimum Gasteiger partial charge on any atom is -0.489 e. The highest BCUT2D eigenvalue weighted by atomic mass is 35.5. The highest BCUT2D eigenvalue weighted by molar-refractivity contribution is 6.30. The van der Waals surface area contributed by atoms with Gasteiger partial charge >= 0.3 is 0 Å². The number of carbonyl (C=O) groups is 1. The van der Waals surface area contributed by atoms with Crippen LogP contribution in [-0.4, -0.2) is 11.9 Å². The topological polar surface area (TPSA) is 26.3 Å². The molecule has 1 saturated carbocycles. The summed E-state index contributed by atoms with van der Waals surface area (Å²) >= 11 is 5.98. The first-order chi connectivity index (χ1) is 8.53. The van der Waals surface area contributed by atoms with Crippen molar-refractivity contribution in [2.24, 2.45) is 5.41 Å². The molecule has 2 nitrogen and oxygen atoms in total. The largest absolute Gasteiger partial charge is 0.489 e. The van der Waals surface area contributed by atoms with Crippen LogP contribution >= 0.6 is 11.6 Å². The van der Waals surface area contributed by atoms with Crippen LogP contribution in [0.25, 0.3) is 0 Å². The summed E-state index contributed by atoms with van der Waals surface area (Å²) in [5.74, 6) is 1.13. The summed E-state index contributed by atoms with van der Waals surface area (Å²) in [7, 11) is 0. The van der Waals surface area contributed by atoms with E-state index in [0.717, 1.165) is 24.2 Å². The lowest BCUT2D eigenvalue weighted by Crippen LogP contribution is -2.56. The van der Waals surface area contributed by atoms with E-state index < -0.39 is 0 Å². The first-order valence-corrected chi connectivity index (χ1v) is 6.87. The van der Waals surface area contributed by atoms with Crippen LogP contribution in [0.5, 0.6) is 5.75 Å². The van der Waals surface area contributed by atoms with E-state index in [1.807, 2.05) is 25.1 Å². The van der Waals surface area contributed by atoms with Crippen LogP contribution < -0.4 is 4.74 Å². The van der Waals surface area contributed by atoms with Crippen LogP contribution in [0.15, 0.2) is 18.2 Å². The summed E-state index contributed by atoms with van der Waals surface area (Å²) in [6.45, 7) is 6.11. The van der Waals surface area contributed by atoms with Crippen molar-refractivity contribution >= 4 is 17.4 Å². The van der Waals surface area contributed by atoms with Crippen LogP contribution in [0.4, 0.5) is 0 Å². The van der Waals surface area contributed by atoms with Crippen LogP contribution in [-0.2, 0) is 4.79 Å². The quantitative estimate of drug-likeness (QED) is 0.817. The van der Waals surface area contributed by atoms with Crippen molar-refractivity contribution < 1.29 is 9.53 Å². The molecule has 1 aromatic carbocycles. The third-order valence-corrected chi connectivity index (χ3v) is 4.46. The van der Waals surface area contributed by atoms with E-state index in [4.69, 9.17) is 16.3 Å². The molecule has 0 aromatic heterocycles. The Morgan fingerprint density at radius 1 is 1.39 bits per heavy atom. The lowest BCUT2D eigenvalue weighted by molar-refractivity contribution is -0.153. The van der Waals surface area contributed by atoms with Crippen LogP contribution in [0.3, 0.4) is 0 Å². The number of hydrogen-bond donors (Lipinski definition) is 0. The standard InChI is InChI=1S/C15H19ClO2/c1-4-15(5-2)13(17)9-14(15)18-12-8-11(16)7-6-10(12)3/h6-8,14H,4-5,9H2,1-3H3. The number of halogens is 1. The van der Waals surface area contributed by atoms with Gasteiger partial charge in [0.25, 0.3) is 0 Å². The van der Waals surface area contributed by atoms with Gasteiger partial charge in [-0.2, -0.15) is 0 Å². The third-order valence-electron chi connectivity index (χ3n) is 4.22. The fourth-order valence-corrected chi connectivity index (χ4v) is 2.89. The smallest absolute Gasteiger partial charge is 0.146 e. The second-order valence-electron chi connectivity index (χ2n) is 5.01. The van der Waals surface area contributed by atoms with E-state index in [1.54, 1.807) is 0 Å². The second kappa shape index (κ2) is 4.93. The zero-order valence-electron chi connectivity index (χ0n) is 11.1. The Bertz CT molecular complexity index is 464. The number of ketones is 1. The van der Waals surface area contributed by atoms with Gasteiger partial charge in [-0.3, -0.25) is 4.79 Å². The summed E-state index contributed by atoms with van der Waals surface area (Å²) in [5, 5.41) is 0.667. The van der Waals surface area contributed by atoms with Gasteiger partial charge in [0.15, 0.2) is 0 Å². The number of ether oxygens (including phenoxy) is 1. The Hall–Kier alpha value is -1.02. The molecule has 2 rings (SSSR count). The fraction of sp³-hybridized carbons (Fsp3) is 0.533. The molecule has 1 unspecified atom stereocenters. The Morgan fingerprint density at radius 3 is 2.61 bits per heavy atom. The number of aryl methyl sites for hydroxylation is 1. The average Bonchev–Trinajstić information content (AvgIpc) is 2.35. The normalized spacial score (nSPS) is 21.6. The van der Waals surface area contributed by atoms with Gasteiger partial charge in [-0.1, -0.05) is 31.5 Å². The highest BCUT2D eigenvalue weighted by Gasteiger charge is 2.53. The maximum Gasteiger partial charge on any atom is 0.146 e. The third kappa shape index (κ3) is 2.03. The maximum absolute atomic E-state index is 11.9. The van der Waals surface area contributed by atoms with Gasteiger partial charge in [-0.25, -0.2) is 0 Å². The van der Waals surface area contributed by atoms with E-state index in [9.17, 15) is 4.79 Å². The Labute approximate surface area is 113 Å². The zero-order valence-corrected chi connectivity index (χ0v) is 11.9. The van der Waals surface area contributed by atoms with E-state index in [0.29, 0.717) is 17.2 Å². The van der Waals surface area contributed by atoms with Gasteiger partial charge in [0.2, 0.25) is 0 Å². The molecule has 1 aliphatic carbocycles. The number of rotatable bonds is 4. The monoisotopic (exact) mass is 266 g/mol. The minimum atomic E-state index is -0.283. The molecule has 0 aliphatic heterocycles. The molecular weight excluding hydrogens is 248 g/mol. The molecule has 1 fully saturated rings. The first-order valence-electron chi connectivity index (χ1n) is 6.49. The van der Waals surface area contributed by atoms with Gasteiger partial charge in [0, 0.05) is 11.4 Å². The summed E-state index contributed by atoms with van der Waals surface area (Å²) in [4.78, 5) is 11.9. The van der Waals surface area contributed by atoms with Crippen LogP contribution in [0.1, 0.15) is 38.7 Å². The van der Waals surface area contributed by atoms with Gasteiger partial charge < -0.3 is 4.74 Å². The summed E-state index contributed by atoms with van der Waals surface area (Å²) in [5.41, 5.74) is 0.772. The molecule has 1 atom stereocenters. The Morgan fingerprint density at radius 2 is 2.06 bits per heavy atom. The molecule has 0 bridgehead atoms. The lowest BCUT2D eigenvalue weighted by Gasteiger charge is -2.46. The van der Waals surface area contributed by atoms with Crippen molar-refractivity contribution in [2.75, 3.05) is 0 Å². The van der Waals surface area contributed by atoms with Crippen LogP contribution in [0.2, 0.25) is 5.02 Å². The summed E-state index contributed by atoms with van der Waals surface area (Å²) < 4.78 is 6.02. The van der Waals surface area contributed by atoms with Gasteiger partial charge in [0.05, 0.1) is 5.41 Å². The fourth-order valence-electron chi connectivity index (χ4n) is 2.72. The number of carbonyl (C=O) groups excluding carboxylic acids is 1. The van der Waals surface area contributed by atoms with Crippen LogP contribution in [0, 0.1) is 12.3 Å². The predicted octanol–water partition coefficient (Wildman–Crippen LogP) is 4.18. The molecule has 1 aliphatic rings. The molecule has 0 amide bonds. The highest BCUT2D eigenvalue weighted by Crippen LogP contribution is 2.46. The molecule has 98 valence electrons. The lowest BCUT2D eigenvalue weighted by atomic mass is 9.61. The molecule has 0 spiro atoms. The molecule has 0 N–H and O–H groups in total. The predicted molar refractivity (Wildman–Crippen MR) is 73.2 cm³/mol. The van der Waals surface area contributed by atoms with E-state index in [-0.39, 0.29) is 11.5 Å². The van der Waals surface area contributed by atoms with E-state index >= 15 is 0 Å². The van der Waals surface area contributed by atoms with E-state index in [1.165, 1.54) is 0 Å². The Kier molecular flexibility index (Phi) is 3.67. The van der Waals surface area contributed by atoms with Crippen molar-refractivity contribution in [3.05, 3.63) is 28.8 Å². The number of Topliss-reactive ketones (excluding diaryl/α,β-unsaturated/α-hetero) is 1. The number of hydrogen-bond acceptors (Lipinski definition) is 2. The molecule has 3 heteroatoms. The zero-order chi connectivity index (χ0) is 13.3. The second-order valence-corrected chi connectivity index (χ2v) is 5.44. The SMILES string of the molecule is CCC1(CC)C(=O)CC1Oc1cc(Cl)ccc1C. The maximum atomic E-state index is 11.9. The summed E-state index contributed by atoms with van der Waals surface area (Å²) in [6, 6.07) is 5.62. The van der Waals surface area contributed by atoms with Crippen molar-refractivity contribution in [3.63, 3.8) is 0 Å². The molecule has 1 aromatic rings. The van der Waals surface area contributed by atoms with Crippen molar-refractivity contribution in [3.8, 4) is 5.75 Å². The molecule has 0 heterocycles. The Balaban J connectivity index is 2.20. The average molecular weight is 267 g/mol. The van der Waals surface area contributed by atoms with Crippen molar-refractivity contribution in [1.29, 1.82) is 0 Å². The summed E-state index contributed by atoms with van der Waals surface area (Å²) in [6.07, 6.45) is 2.20. The molecule has 0 radical (unpaired) electrons. The van der Waals surface area contributed by atoms with Gasteiger partial charge in [-0.15, -0.1) is 0 Å². The van der Waals surface area contributed by atoms with Crippen molar-refractivity contribution in [1.82, 2.24) is 0 Å². The van der Waals surface area contributed by atoms with E-state index in [2.05, 4.69) is 13.8 Å². The molecule has 0 saturated heterocycles. The number of benzene rings is 1. The minimum absolute atomic E-state index is 0.00262. The van der Waals surface area contributed by atoms with Crippen molar-refractivity contribution in [2.45, 2.75) is 46.1 Å². The van der Waals surface area contributed by atoms with Gasteiger partial charge in [-0.05, 0) is 37.5 Å². The molecular formula is C15H19ClO2. The van der Waals surface area contributed by atoms with Gasteiger partial charge in [0.1, 0.15) is 17.6 Å². The first kappa shape index (κ1) is 13.4. The molecule has 18 heavy (non-hydrogen) atoms.